The molecule has 4 aliphatic rings. The molecule has 2 aliphatic carbocycles. The van der Waals surface area contributed by atoms with Crippen molar-refractivity contribution in [1.29, 1.82) is 0 Å². The van der Waals surface area contributed by atoms with Crippen LogP contribution in [0.1, 0.15) is 26.7 Å². The van der Waals surface area contributed by atoms with E-state index in [0.29, 0.717) is 12.0 Å². The van der Waals surface area contributed by atoms with Gasteiger partial charge >= 0.3 is 5.97 Å². The van der Waals surface area contributed by atoms with Crippen LogP contribution in [0.4, 0.5) is 0 Å². The predicted molar refractivity (Wildman–Crippen MR) is 70.1 cm³/mol. The first-order chi connectivity index (χ1) is 9.64. The number of hydrogen-bond donors (Lipinski definition) is 3. The molecule has 116 valence electrons. The number of carbonyl (C=O) groups is 1. The van der Waals surface area contributed by atoms with Gasteiger partial charge in [0.25, 0.3) is 0 Å². The van der Waals surface area contributed by atoms with Crippen LogP contribution in [-0.2, 0) is 14.3 Å². The molecular weight excluding hydrogens is 276 g/mol. The number of hydrogen-bond acceptors (Lipinski definition) is 6. The maximum absolute atomic E-state index is 11.8. The van der Waals surface area contributed by atoms with Crippen molar-refractivity contribution in [3.05, 3.63) is 12.2 Å². The molecule has 8 atom stereocenters. The van der Waals surface area contributed by atoms with Gasteiger partial charge in [-0.25, -0.2) is 4.79 Å². The molecule has 0 aromatic rings. The lowest BCUT2D eigenvalue weighted by Crippen LogP contribution is -2.65. The van der Waals surface area contributed by atoms with Crippen molar-refractivity contribution in [3.63, 3.8) is 0 Å². The summed E-state index contributed by atoms with van der Waals surface area (Å²) in [6.07, 6.45) is -1.61. The van der Waals surface area contributed by atoms with E-state index in [9.17, 15) is 20.1 Å². The smallest absolute Gasteiger partial charge is 0.334 e. The number of fused-ring (bicyclic) bond motifs is 5. The van der Waals surface area contributed by atoms with Gasteiger partial charge in [0, 0.05) is 11.5 Å². The maximum Gasteiger partial charge on any atom is 0.334 e. The van der Waals surface area contributed by atoms with Gasteiger partial charge in [-0.1, -0.05) is 6.58 Å². The minimum Gasteiger partial charge on any atom is -0.458 e. The molecule has 6 nitrogen and oxygen atoms in total. The molecule has 8 unspecified atom stereocenters. The first-order valence-corrected chi connectivity index (χ1v) is 7.35. The van der Waals surface area contributed by atoms with Crippen molar-refractivity contribution in [3.8, 4) is 0 Å². The summed E-state index contributed by atoms with van der Waals surface area (Å²) in [5.74, 6) is -1.39. The second-order valence-electron chi connectivity index (χ2n) is 7.28. The maximum atomic E-state index is 11.8. The van der Waals surface area contributed by atoms with Gasteiger partial charge in [-0.3, -0.25) is 0 Å². The fourth-order valence-corrected chi connectivity index (χ4v) is 4.86. The molecule has 0 bridgehead atoms. The molecule has 21 heavy (non-hydrogen) atoms. The lowest BCUT2D eigenvalue weighted by Gasteiger charge is -2.46. The highest BCUT2D eigenvalue weighted by Crippen LogP contribution is 2.65. The molecule has 3 N–H and O–H groups in total. The van der Waals surface area contributed by atoms with Crippen molar-refractivity contribution >= 4 is 5.97 Å². The van der Waals surface area contributed by atoms with E-state index < -0.39 is 47.0 Å². The SMILES string of the molecule is C=C1C(=O)OC2C1CCC(C)(O)C1(O)C(O)C3OC3(C)C21. The van der Waals surface area contributed by atoms with Crippen molar-refractivity contribution < 1.29 is 29.6 Å². The average molecular weight is 296 g/mol. The normalized spacial score (nSPS) is 61.7. The van der Waals surface area contributed by atoms with Gasteiger partial charge in [0.2, 0.25) is 0 Å². The number of aliphatic hydroxyl groups is 3. The topological polar surface area (TPSA) is 99.5 Å². The van der Waals surface area contributed by atoms with E-state index >= 15 is 0 Å². The summed E-state index contributed by atoms with van der Waals surface area (Å²) in [5.41, 5.74) is -3.64. The van der Waals surface area contributed by atoms with Crippen LogP contribution >= 0.6 is 0 Å². The summed E-state index contributed by atoms with van der Waals surface area (Å²) in [4.78, 5) is 11.8. The van der Waals surface area contributed by atoms with Crippen LogP contribution in [0.15, 0.2) is 12.2 Å². The van der Waals surface area contributed by atoms with Crippen LogP contribution in [-0.4, -0.2) is 56.4 Å². The third-order valence-corrected chi connectivity index (χ3v) is 6.20. The molecule has 4 fully saturated rings. The monoisotopic (exact) mass is 296 g/mol. The zero-order chi connectivity index (χ0) is 15.4. The molecular formula is C15H20O6. The highest BCUT2D eigenvalue weighted by atomic mass is 16.6. The molecule has 2 aliphatic heterocycles. The molecule has 2 saturated carbocycles. The molecule has 0 radical (unpaired) electrons. The van der Waals surface area contributed by atoms with Crippen LogP contribution in [0.5, 0.6) is 0 Å². The number of carbonyl (C=O) groups excluding carboxylic acids is 1. The summed E-state index contributed by atoms with van der Waals surface area (Å²) < 4.78 is 11.0. The first-order valence-electron chi connectivity index (χ1n) is 7.35. The largest absolute Gasteiger partial charge is 0.458 e. The second kappa shape index (κ2) is 3.51. The van der Waals surface area contributed by atoms with Gasteiger partial charge in [-0.15, -0.1) is 0 Å². The molecule has 0 amide bonds. The van der Waals surface area contributed by atoms with Gasteiger partial charge in [-0.2, -0.15) is 0 Å². The van der Waals surface area contributed by atoms with E-state index in [1.165, 1.54) is 6.92 Å². The van der Waals surface area contributed by atoms with Gasteiger partial charge in [-0.05, 0) is 26.7 Å². The van der Waals surface area contributed by atoms with Crippen LogP contribution in [0.25, 0.3) is 0 Å². The minimum absolute atomic E-state index is 0.255. The van der Waals surface area contributed by atoms with Gasteiger partial charge < -0.3 is 24.8 Å². The summed E-state index contributed by atoms with van der Waals surface area (Å²) in [7, 11) is 0. The zero-order valence-corrected chi connectivity index (χ0v) is 12.1. The fraction of sp³-hybridized carbons (Fsp3) is 0.800. The third-order valence-electron chi connectivity index (χ3n) is 6.20. The molecule has 6 heteroatoms. The van der Waals surface area contributed by atoms with E-state index in [2.05, 4.69) is 6.58 Å². The third kappa shape index (κ3) is 1.31. The van der Waals surface area contributed by atoms with E-state index in [4.69, 9.17) is 9.47 Å². The Morgan fingerprint density at radius 3 is 2.67 bits per heavy atom. The number of epoxide rings is 1. The molecule has 2 saturated heterocycles. The van der Waals surface area contributed by atoms with Crippen LogP contribution < -0.4 is 0 Å². The highest BCUT2D eigenvalue weighted by molar-refractivity contribution is 5.91. The Kier molecular flexibility index (Phi) is 2.29. The standard InChI is InChI=1S/C15H20O6/c1-6-7-4-5-13(2,18)15(19)9(8(7)20-12(6)17)14(3)11(21-14)10(15)16/h7-11,16,18-19H,1,4-5H2,2-3H3. The molecule has 2 heterocycles. The van der Waals surface area contributed by atoms with Crippen molar-refractivity contribution in [2.45, 2.75) is 61.8 Å². The Bertz CT molecular complexity index is 556. The van der Waals surface area contributed by atoms with Gasteiger partial charge in [0.1, 0.15) is 29.5 Å². The quantitative estimate of drug-likeness (QED) is 0.317. The number of esters is 1. The van der Waals surface area contributed by atoms with Crippen LogP contribution in [0.2, 0.25) is 0 Å². The van der Waals surface area contributed by atoms with Crippen molar-refractivity contribution in [1.82, 2.24) is 0 Å². The first kappa shape index (κ1) is 13.7. The van der Waals surface area contributed by atoms with E-state index in [-0.39, 0.29) is 12.3 Å². The number of rotatable bonds is 0. The summed E-state index contributed by atoms with van der Waals surface area (Å²) >= 11 is 0. The second-order valence-corrected chi connectivity index (χ2v) is 7.28. The highest BCUT2D eigenvalue weighted by Gasteiger charge is 2.83. The Morgan fingerprint density at radius 1 is 1.33 bits per heavy atom. The van der Waals surface area contributed by atoms with Crippen LogP contribution in [0.3, 0.4) is 0 Å². The van der Waals surface area contributed by atoms with Crippen LogP contribution in [0, 0.1) is 11.8 Å². The zero-order valence-electron chi connectivity index (χ0n) is 12.1. The molecule has 0 aromatic carbocycles. The Morgan fingerprint density at radius 2 is 2.00 bits per heavy atom. The van der Waals surface area contributed by atoms with Gasteiger partial charge in [0.05, 0.1) is 11.5 Å². The van der Waals surface area contributed by atoms with Gasteiger partial charge in [0.15, 0.2) is 0 Å². The number of ether oxygens (including phenoxy) is 2. The minimum atomic E-state index is -1.75. The fourth-order valence-electron chi connectivity index (χ4n) is 4.86. The Balaban J connectivity index is 1.87. The lowest BCUT2D eigenvalue weighted by atomic mass is 9.70. The lowest BCUT2D eigenvalue weighted by molar-refractivity contribution is -0.239. The molecule has 0 aromatic heterocycles. The Labute approximate surface area is 122 Å². The predicted octanol–water partition coefficient (Wildman–Crippen LogP) is -0.492. The summed E-state index contributed by atoms with van der Waals surface area (Å²) in [6.45, 7) is 7.10. The van der Waals surface area contributed by atoms with Crippen molar-refractivity contribution in [2.75, 3.05) is 0 Å². The van der Waals surface area contributed by atoms with E-state index in [0.717, 1.165) is 0 Å². The average Bonchev–Trinajstić information content (AvgIpc) is 2.96. The molecule has 0 spiro atoms. The summed E-state index contributed by atoms with van der Waals surface area (Å²) in [6, 6.07) is 0. The van der Waals surface area contributed by atoms with E-state index in [1.54, 1.807) is 6.92 Å². The molecule has 4 rings (SSSR count). The Hall–Kier alpha value is -0.950. The number of aliphatic hydroxyl groups excluding tert-OH is 1. The van der Waals surface area contributed by atoms with E-state index in [1.807, 2.05) is 0 Å². The summed E-state index contributed by atoms with van der Waals surface area (Å²) in [5, 5.41) is 32.4. The van der Waals surface area contributed by atoms with Crippen molar-refractivity contribution in [2.24, 2.45) is 11.8 Å².